The Balaban J connectivity index is 1.90. The molecular weight excluding hydrogens is 348 g/mol. The molecule has 0 aromatic carbocycles. The summed E-state index contributed by atoms with van der Waals surface area (Å²) in [5, 5.41) is 5.31. The van der Waals surface area contributed by atoms with Crippen LogP contribution >= 0.6 is 27.3 Å². The van der Waals surface area contributed by atoms with Gasteiger partial charge in [-0.2, -0.15) is 0 Å². The minimum absolute atomic E-state index is 0.556. The third-order valence-corrected chi connectivity index (χ3v) is 5.38. The molecule has 0 spiro atoms. The first kappa shape index (κ1) is 14.8. The van der Waals surface area contributed by atoms with E-state index in [1.54, 1.807) is 11.3 Å². The van der Waals surface area contributed by atoms with Crippen molar-refractivity contribution in [2.24, 2.45) is 0 Å². The van der Waals surface area contributed by atoms with Gasteiger partial charge >= 0.3 is 0 Å². The molecule has 0 aliphatic heterocycles. The summed E-state index contributed by atoms with van der Waals surface area (Å²) in [5.74, 6) is 3.52. The molecule has 1 fully saturated rings. The molecule has 0 unspecified atom stereocenters. The topological polar surface area (TPSA) is 41.1 Å². The van der Waals surface area contributed by atoms with Crippen LogP contribution in [0.3, 0.4) is 0 Å². The highest BCUT2D eigenvalue weighted by molar-refractivity contribution is 9.10. The summed E-state index contributed by atoms with van der Waals surface area (Å²) >= 11 is 5.27. The molecule has 6 heteroatoms. The zero-order valence-electron chi connectivity index (χ0n) is 12.5. The van der Waals surface area contributed by atoms with E-state index in [1.807, 2.05) is 7.05 Å². The zero-order valence-corrected chi connectivity index (χ0v) is 14.9. The highest BCUT2D eigenvalue weighted by atomic mass is 79.9. The summed E-state index contributed by atoms with van der Waals surface area (Å²) in [6.45, 7) is 2.94. The van der Waals surface area contributed by atoms with E-state index in [-0.39, 0.29) is 0 Å². The molecule has 1 aliphatic carbocycles. The average molecular weight is 367 g/mol. The molecule has 0 radical (unpaired) electrons. The van der Waals surface area contributed by atoms with Gasteiger partial charge < -0.3 is 10.2 Å². The van der Waals surface area contributed by atoms with Crippen molar-refractivity contribution in [3.63, 3.8) is 0 Å². The van der Waals surface area contributed by atoms with Crippen molar-refractivity contribution in [3.05, 3.63) is 32.2 Å². The molecule has 2 aromatic heterocycles. The van der Waals surface area contributed by atoms with Crippen LogP contribution in [0.25, 0.3) is 0 Å². The lowest BCUT2D eigenvalue weighted by atomic mass is 10.2. The maximum atomic E-state index is 4.81. The summed E-state index contributed by atoms with van der Waals surface area (Å²) in [7, 11) is 4.02. The first-order valence-corrected chi connectivity index (χ1v) is 8.76. The van der Waals surface area contributed by atoms with Gasteiger partial charge in [0, 0.05) is 40.3 Å². The fourth-order valence-electron chi connectivity index (χ4n) is 2.41. The Morgan fingerprint density at radius 2 is 2.19 bits per heavy atom. The fourth-order valence-corrected chi connectivity index (χ4v) is 3.91. The minimum atomic E-state index is 0.556. The Hall–Kier alpha value is -1.14. The Labute approximate surface area is 137 Å². The molecule has 112 valence electrons. The van der Waals surface area contributed by atoms with E-state index in [1.165, 1.54) is 17.7 Å². The average Bonchev–Trinajstić information content (AvgIpc) is 3.23. The van der Waals surface area contributed by atoms with Crippen LogP contribution in [-0.2, 0) is 6.54 Å². The Morgan fingerprint density at radius 3 is 2.76 bits per heavy atom. The predicted molar refractivity (Wildman–Crippen MR) is 92.4 cm³/mol. The number of aromatic nitrogens is 2. The SMILES string of the molecule is CNc1nc(C2CC2)nc(N(C)Cc2cc(Br)cs2)c1C. The van der Waals surface area contributed by atoms with Gasteiger partial charge in [0.25, 0.3) is 0 Å². The van der Waals surface area contributed by atoms with Crippen LogP contribution < -0.4 is 10.2 Å². The van der Waals surface area contributed by atoms with Gasteiger partial charge in [-0.1, -0.05) is 0 Å². The number of hydrogen-bond acceptors (Lipinski definition) is 5. The molecule has 1 N–H and O–H groups in total. The third kappa shape index (κ3) is 3.21. The second-order valence-corrected chi connectivity index (χ2v) is 7.40. The number of hydrogen-bond donors (Lipinski definition) is 1. The molecule has 2 heterocycles. The number of nitrogens with one attached hydrogen (secondary N) is 1. The molecule has 0 saturated heterocycles. The van der Waals surface area contributed by atoms with Gasteiger partial charge in [-0.15, -0.1) is 11.3 Å². The first-order valence-electron chi connectivity index (χ1n) is 7.09. The summed E-state index contributed by atoms with van der Waals surface area (Å²) in [5.41, 5.74) is 1.11. The molecule has 3 rings (SSSR count). The third-order valence-electron chi connectivity index (χ3n) is 3.69. The van der Waals surface area contributed by atoms with E-state index in [2.05, 4.69) is 56.5 Å². The van der Waals surface area contributed by atoms with Gasteiger partial charge in [-0.05, 0) is 41.8 Å². The fraction of sp³-hybridized carbons (Fsp3) is 0.467. The van der Waals surface area contributed by atoms with Crippen molar-refractivity contribution in [2.45, 2.75) is 32.2 Å². The summed E-state index contributed by atoms with van der Waals surface area (Å²) < 4.78 is 1.14. The van der Waals surface area contributed by atoms with Crippen LogP contribution in [0, 0.1) is 6.92 Å². The molecule has 0 bridgehead atoms. The summed E-state index contributed by atoms with van der Waals surface area (Å²) in [6.07, 6.45) is 2.43. The number of anilines is 2. The van der Waals surface area contributed by atoms with Crippen molar-refractivity contribution in [1.82, 2.24) is 9.97 Å². The Morgan fingerprint density at radius 1 is 1.43 bits per heavy atom. The van der Waals surface area contributed by atoms with Crippen LogP contribution in [0.1, 0.15) is 35.0 Å². The van der Waals surface area contributed by atoms with E-state index in [0.717, 1.165) is 34.0 Å². The molecule has 21 heavy (non-hydrogen) atoms. The van der Waals surface area contributed by atoms with Crippen molar-refractivity contribution >= 4 is 38.9 Å². The maximum Gasteiger partial charge on any atom is 0.137 e. The smallest absolute Gasteiger partial charge is 0.137 e. The number of halogens is 1. The summed E-state index contributed by atoms with van der Waals surface area (Å²) in [4.78, 5) is 13.0. The van der Waals surface area contributed by atoms with Gasteiger partial charge in [-0.25, -0.2) is 9.97 Å². The van der Waals surface area contributed by atoms with Crippen molar-refractivity contribution in [2.75, 3.05) is 24.3 Å². The zero-order chi connectivity index (χ0) is 15.0. The number of nitrogens with zero attached hydrogens (tertiary/aromatic N) is 3. The minimum Gasteiger partial charge on any atom is -0.373 e. The maximum absolute atomic E-state index is 4.81. The molecule has 1 aliphatic rings. The highest BCUT2D eigenvalue weighted by Gasteiger charge is 2.28. The molecule has 0 atom stereocenters. The van der Waals surface area contributed by atoms with Gasteiger partial charge in [0.2, 0.25) is 0 Å². The Kier molecular flexibility index (Phi) is 4.17. The van der Waals surface area contributed by atoms with Crippen LogP contribution in [0.2, 0.25) is 0 Å². The molecule has 0 amide bonds. The quantitative estimate of drug-likeness (QED) is 0.862. The molecular formula is C15H19BrN4S. The second-order valence-electron chi connectivity index (χ2n) is 5.49. The van der Waals surface area contributed by atoms with E-state index < -0.39 is 0 Å². The van der Waals surface area contributed by atoms with Crippen molar-refractivity contribution in [3.8, 4) is 0 Å². The van der Waals surface area contributed by atoms with Gasteiger partial charge in [-0.3, -0.25) is 0 Å². The van der Waals surface area contributed by atoms with Gasteiger partial charge in [0.15, 0.2) is 0 Å². The van der Waals surface area contributed by atoms with Crippen molar-refractivity contribution in [1.29, 1.82) is 0 Å². The largest absolute Gasteiger partial charge is 0.373 e. The van der Waals surface area contributed by atoms with Crippen LogP contribution in [-0.4, -0.2) is 24.1 Å². The lowest BCUT2D eigenvalue weighted by Gasteiger charge is -2.21. The van der Waals surface area contributed by atoms with E-state index >= 15 is 0 Å². The molecule has 2 aromatic rings. The molecule has 4 nitrogen and oxygen atoms in total. The highest BCUT2D eigenvalue weighted by Crippen LogP contribution is 2.40. The predicted octanol–water partition coefficient (Wildman–Crippen LogP) is 4.16. The monoisotopic (exact) mass is 366 g/mol. The van der Waals surface area contributed by atoms with E-state index in [9.17, 15) is 0 Å². The lowest BCUT2D eigenvalue weighted by Crippen LogP contribution is -2.20. The standard InChI is InChI=1S/C15H19BrN4S/c1-9-13(17-2)18-14(10-4-5-10)19-15(9)20(3)7-12-6-11(16)8-21-12/h6,8,10H,4-5,7H2,1-3H3,(H,17,18,19). The van der Waals surface area contributed by atoms with E-state index in [0.29, 0.717) is 5.92 Å². The second kappa shape index (κ2) is 5.93. The molecule has 1 saturated carbocycles. The normalized spacial score (nSPS) is 14.3. The van der Waals surface area contributed by atoms with Gasteiger partial charge in [0.1, 0.15) is 17.5 Å². The van der Waals surface area contributed by atoms with Crippen LogP contribution in [0.15, 0.2) is 15.9 Å². The van der Waals surface area contributed by atoms with Crippen molar-refractivity contribution < 1.29 is 0 Å². The number of thiophene rings is 1. The first-order chi connectivity index (χ1) is 10.1. The Bertz CT molecular complexity index is 651. The lowest BCUT2D eigenvalue weighted by molar-refractivity contribution is 0.853. The van der Waals surface area contributed by atoms with Crippen LogP contribution in [0.5, 0.6) is 0 Å². The number of rotatable bonds is 5. The summed E-state index contributed by atoms with van der Waals surface area (Å²) in [6, 6.07) is 2.17. The van der Waals surface area contributed by atoms with E-state index in [4.69, 9.17) is 4.98 Å². The van der Waals surface area contributed by atoms with Crippen LogP contribution in [0.4, 0.5) is 11.6 Å². The van der Waals surface area contributed by atoms with Gasteiger partial charge in [0.05, 0.1) is 6.54 Å².